The van der Waals surface area contributed by atoms with Crippen molar-refractivity contribution in [1.29, 1.82) is 0 Å². The van der Waals surface area contributed by atoms with Crippen LogP contribution in [0.15, 0.2) is 30.5 Å². The topological polar surface area (TPSA) is 34.9 Å². The minimum absolute atomic E-state index is 0. The molecule has 0 spiro atoms. The van der Waals surface area contributed by atoms with Crippen LogP contribution in [-0.2, 0) is 0 Å². The summed E-state index contributed by atoms with van der Waals surface area (Å²) < 4.78 is 2.04. The summed E-state index contributed by atoms with van der Waals surface area (Å²) in [5.41, 5.74) is 2.78. The van der Waals surface area contributed by atoms with Crippen molar-refractivity contribution in [2.24, 2.45) is 0 Å². The number of aryl methyl sites for hydroxylation is 2. The number of hydrogen-bond acceptors (Lipinski definition) is 2. The van der Waals surface area contributed by atoms with Gasteiger partial charge in [0.15, 0.2) is 5.78 Å². The fourth-order valence-electron chi connectivity index (χ4n) is 1.79. The third-order valence-electron chi connectivity index (χ3n) is 2.69. The summed E-state index contributed by atoms with van der Waals surface area (Å²) in [5.74, 6) is 0.700. The van der Waals surface area contributed by atoms with Crippen LogP contribution in [-0.4, -0.2) is 21.2 Å². The van der Waals surface area contributed by atoms with E-state index in [0.717, 1.165) is 17.2 Å². The Kier molecular flexibility index (Phi) is 4.68. The molecule has 3 nitrogen and oxygen atoms in total. The monoisotopic (exact) mass is 264 g/mol. The molecule has 2 aromatic heterocycles. The fourth-order valence-corrected chi connectivity index (χ4v) is 1.94. The van der Waals surface area contributed by atoms with Crippen LogP contribution in [0.2, 0.25) is 0 Å². The second kappa shape index (κ2) is 5.83. The van der Waals surface area contributed by atoms with Gasteiger partial charge in [-0.3, -0.25) is 4.79 Å². The maximum absolute atomic E-state index is 11.4. The molecule has 0 N–H and O–H groups in total. The number of alkyl halides is 1. The molecule has 0 amide bonds. The highest BCUT2D eigenvalue weighted by Crippen LogP contribution is 2.14. The molecule has 4 heteroatoms. The van der Waals surface area contributed by atoms with Crippen LogP contribution in [0.5, 0.6) is 0 Å². The summed E-state index contributed by atoms with van der Waals surface area (Å²) in [6.07, 6.45) is 1.57. The molecule has 0 unspecified atom stereocenters. The molecule has 0 atom stereocenters. The molecule has 18 heavy (non-hydrogen) atoms. The van der Waals surface area contributed by atoms with Crippen molar-refractivity contribution in [1.82, 2.24) is 9.55 Å². The maximum Gasteiger partial charge on any atom is 0.179 e. The molecule has 2 aromatic rings. The first-order valence-corrected chi connectivity index (χ1v) is 5.87. The summed E-state index contributed by atoms with van der Waals surface area (Å²) in [7, 11) is 0. The summed E-state index contributed by atoms with van der Waals surface area (Å²) in [4.78, 5) is 15.7. The normalized spacial score (nSPS) is 9.94. The number of Topliss-reactive ketones (excluding diaryl/α,β-unsaturated/α-hetero) is 1. The third-order valence-corrected chi connectivity index (χ3v) is 2.93. The van der Waals surface area contributed by atoms with Gasteiger partial charge in [0, 0.05) is 23.1 Å². The lowest BCUT2D eigenvalue weighted by atomic mass is 10.2. The number of aromatic nitrogens is 2. The Morgan fingerprint density at radius 1 is 1.22 bits per heavy atom. The fraction of sp³-hybridized carbons (Fsp3) is 0.286. The first kappa shape index (κ1) is 14.5. The van der Waals surface area contributed by atoms with Gasteiger partial charge in [-0.15, -0.1) is 11.6 Å². The van der Waals surface area contributed by atoms with E-state index in [4.69, 9.17) is 11.6 Å². The van der Waals surface area contributed by atoms with Crippen LogP contribution in [0.1, 0.15) is 29.2 Å². The van der Waals surface area contributed by atoms with Crippen LogP contribution in [0.4, 0.5) is 0 Å². The smallest absolute Gasteiger partial charge is 0.179 e. The quantitative estimate of drug-likeness (QED) is 0.628. The lowest BCUT2D eigenvalue weighted by Gasteiger charge is -2.08. The molecular weight excluding hydrogens is 248 g/mol. The predicted molar refractivity (Wildman–Crippen MR) is 74.8 cm³/mol. The van der Waals surface area contributed by atoms with E-state index in [2.05, 4.69) is 4.98 Å². The van der Waals surface area contributed by atoms with Crippen molar-refractivity contribution in [3.05, 3.63) is 47.4 Å². The number of rotatable bonds is 3. The lowest BCUT2D eigenvalue weighted by Crippen LogP contribution is -2.05. The average molecular weight is 265 g/mol. The van der Waals surface area contributed by atoms with Crippen LogP contribution in [0.3, 0.4) is 0 Å². The van der Waals surface area contributed by atoms with Crippen LogP contribution in [0.25, 0.3) is 5.82 Å². The van der Waals surface area contributed by atoms with Gasteiger partial charge < -0.3 is 4.57 Å². The molecular formula is C14H17ClN2O. The number of nitrogens with zero attached hydrogens (tertiary/aromatic N) is 2. The van der Waals surface area contributed by atoms with Crippen molar-refractivity contribution >= 4 is 17.4 Å². The minimum atomic E-state index is -0.105. The van der Waals surface area contributed by atoms with Crippen molar-refractivity contribution in [2.45, 2.75) is 21.3 Å². The van der Waals surface area contributed by atoms with E-state index in [0.29, 0.717) is 5.56 Å². The molecule has 0 aromatic carbocycles. The van der Waals surface area contributed by atoms with Crippen LogP contribution in [0, 0.1) is 13.8 Å². The van der Waals surface area contributed by atoms with Gasteiger partial charge in [-0.25, -0.2) is 4.98 Å². The average Bonchev–Trinajstić information content (AvgIpc) is 2.68. The Morgan fingerprint density at radius 3 is 2.28 bits per heavy atom. The number of ketones is 1. The molecule has 0 fully saturated rings. The zero-order chi connectivity index (χ0) is 12.4. The van der Waals surface area contributed by atoms with Gasteiger partial charge in [-0.05, 0) is 38.1 Å². The number of carbonyl (C=O) groups excluding carboxylic acids is 1. The highest BCUT2D eigenvalue weighted by molar-refractivity contribution is 6.30. The molecule has 0 saturated heterocycles. The van der Waals surface area contributed by atoms with Crippen molar-refractivity contribution < 1.29 is 4.79 Å². The van der Waals surface area contributed by atoms with E-state index in [1.807, 2.05) is 36.6 Å². The van der Waals surface area contributed by atoms with E-state index in [1.54, 1.807) is 12.3 Å². The highest BCUT2D eigenvalue weighted by atomic mass is 35.5. The van der Waals surface area contributed by atoms with Crippen molar-refractivity contribution in [3.8, 4) is 5.82 Å². The van der Waals surface area contributed by atoms with Crippen molar-refractivity contribution in [2.75, 3.05) is 5.88 Å². The van der Waals surface area contributed by atoms with Crippen LogP contribution < -0.4 is 0 Å². The molecule has 2 heterocycles. The SMILES string of the molecule is C.Cc1ccc(C)n1-c1ccc(C(=O)CCl)cn1. The molecule has 0 aliphatic carbocycles. The summed E-state index contributed by atoms with van der Waals surface area (Å²) in [6, 6.07) is 7.66. The van der Waals surface area contributed by atoms with E-state index in [9.17, 15) is 4.79 Å². The molecule has 0 saturated carbocycles. The Balaban J connectivity index is 0.00000162. The summed E-state index contributed by atoms with van der Waals surface area (Å²) in [6.45, 7) is 4.04. The molecule has 0 radical (unpaired) electrons. The van der Waals surface area contributed by atoms with E-state index in [1.165, 1.54) is 0 Å². The first-order valence-electron chi connectivity index (χ1n) is 5.34. The number of hydrogen-bond donors (Lipinski definition) is 0. The van der Waals surface area contributed by atoms with Gasteiger partial charge in [0.25, 0.3) is 0 Å². The Hall–Kier alpha value is -1.61. The van der Waals surface area contributed by atoms with Gasteiger partial charge in [-0.2, -0.15) is 0 Å². The molecule has 96 valence electrons. The Morgan fingerprint density at radius 2 is 1.83 bits per heavy atom. The second-order valence-corrected chi connectivity index (χ2v) is 4.18. The third kappa shape index (κ3) is 2.62. The molecule has 0 aliphatic heterocycles. The number of pyridine rings is 1. The predicted octanol–water partition coefficient (Wildman–Crippen LogP) is 3.55. The maximum atomic E-state index is 11.4. The molecule has 2 rings (SSSR count). The minimum Gasteiger partial charge on any atom is -0.303 e. The first-order chi connectivity index (χ1) is 8.13. The Labute approximate surface area is 112 Å². The summed E-state index contributed by atoms with van der Waals surface area (Å²) >= 11 is 5.49. The second-order valence-electron chi connectivity index (χ2n) is 3.91. The number of carbonyl (C=O) groups is 1. The lowest BCUT2D eigenvalue weighted by molar-refractivity contribution is 0.102. The van der Waals surface area contributed by atoms with E-state index >= 15 is 0 Å². The van der Waals surface area contributed by atoms with E-state index in [-0.39, 0.29) is 19.1 Å². The van der Waals surface area contributed by atoms with Crippen molar-refractivity contribution in [3.63, 3.8) is 0 Å². The van der Waals surface area contributed by atoms with Gasteiger partial charge in [-0.1, -0.05) is 7.43 Å². The Bertz CT molecular complexity index is 524. The zero-order valence-corrected chi connectivity index (χ0v) is 10.5. The molecule has 0 bridgehead atoms. The standard InChI is InChI=1S/C13H13ClN2O.CH4/c1-9-3-4-10(2)16(9)13-6-5-11(8-15-13)12(17)7-14;/h3-6,8H,7H2,1-2H3;1H4. The van der Waals surface area contributed by atoms with Gasteiger partial charge >= 0.3 is 0 Å². The van der Waals surface area contributed by atoms with Gasteiger partial charge in [0.2, 0.25) is 0 Å². The highest BCUT2D eigenvalue weighted by Gasteiger charge is 2.07. The van der Waals surface area contributed by atoms with E-state index < -0.39 is 0 Å². The molecule has 0 aliphatic rings. The zero-order valence-electron chi connectivity index (χ0n) is 9.77. The van der Waals surface area contributed by atoms with Gasteiger partial charge in [0.1, 0.15) is 5.82 Å². The summed E-state index contributed by atoms with van der Waals surface area (Å²) in [5, 5.41) is 0. The van der Waals surface area contributed by atoms with Crippen LogP contribution >= 0.6 is 11.6 Å². The number of halogens is 1. The van der Waals surface area contributed by atoms with Gasteiger partial charge in [0.05, 0.1) is 5.88 Å². The largest absolute Gasteiger partial charge is 0.303 e.